The molecule has 0 unspecified atom stereocenters. The smallest absolute Gasteiger partial charge is 0.276 e. The summed E-state index contributed by atoms with van der Waals surface area (Å²) < 4.78 is 16.2. The summed E-state index contributed by atoms with van der Waals surface area (Å²) in [5.41, 5.74) is 0.332. The van der Waals surface area contributed by atoms with Crippen LogP contribution in [-0.2, 0) is 4.74 Å². The van der Waals surface area contributed by atoms with Gasteiger partial charge >= 0.3 is 0 Å². The minimum atomic E-state index is -0.0828. The van der Waals surface area contributed by atoms with Crippen molar-refractivity contribution < 1.29 is 18.5 Å². The van der Waals surface area contributed by atoms with E-state index in [1.807, 2.05) is 4.90 Å². The Morgan fingerprint density at radius 3 is 2.96 bits per heavy atom. The van der Waals surface area contributed by atoms with E-state index >= 15 is 0 Å². The van der Waals surface area contributed by atoms with Gasteiger partial charge in [0.2, 0.25) is 5.76 Å². The number of carbonyl (C=O) groups excluding carboxylic acids is 1. The van der Waals surface area contributed by atoms with Crippen LogP contribution in [0, 0.1) is 0 Å². The molecule has 4 heterocycles. The van der Waals surface area contributed by atoms with Crippen molar-refractivity contribution >= 4 is 5.91 Å². The number of rotatable bonds is 4. The van der Waals surface area contributed by atoms with Crippen molar-refractivity contribution in [2.24, 2.45) is 0 Å². The van der Waals surface area contributed by atoms with Crippen LogP contribution in [0.25, 0.3) is 11.5 Å². The molecule has 0 radical (unpaired) electrons. The number of aromatic nitrogens is 1. The summed E-state index contributed by atoms with van der Waals surface area (Å²) >= 11 is 0. The molecule has 0 saturated carbocycles. The molecule has 134 valence electrons. The van der Waals surface area contributed by atoms with Crippen molar-refractivity contribution in [3.8, 4) is 11.5 Å². The third-order valence-electron chi connectivity index (χ3n) is 4.85. The van der Waals surface area contributed by atoms with E-state index in [-0.39, 0.29) is 5.91 Å². The lowest BCUT2D eigenvalue weighted by Crippen LogP contribution is -2.37. The zero-order valence-electron chi connectivity index (χ0n) is 14.2. The number of carbonyl (C=O) groups is 1. The SMILES string of the molecule is O=C(c1cc(-c2ccco2)on1)N1CCCN(C[C@H]2CCCO2)CC1. The summed E-state index contributed by atoms with van der Waals surface area (Å²) in [5.74, 6) is 0.967. The quantitative estimate of drug-likeness (QED) is 0.846. The number of nitrogens with zero attached hydrogens (tertiary/aromatic N) is 3. The lowest BCUT2D eigenvalue weighted by molar-refractivity contribution is 0.0699. The van der Waals surface area contributed by atoms with E-state index < -0.39 is 0 Å². The molecule has 25 heavy (non-hydrogen) atoms. The van der Waals surface area contributed by atoms with Gasteiger partial charge in [0.15, 0.2) is 11.5 Å². The fourth-order valence-electron chi connectivity index (χ4n) is 3.51. The van der Waals surface area contributed by atoms with Crippen molar-refractivity contribution in [2.75, 3.05) is 39.3 Å². The Balaban J connectivity index is 1.36. The zero-order valence-corrected chi connectivity index (χ0v) is 14.2. The summed E-state index contributed by atoms with van der Waals surface area (Å²) in [6, 6.07) is 5.21. The fraction of sp³-hybridized carbons (Fsp3) is 0.556. The highest BCUT2D eigenvalue weighted by atomic mass is 16.5. The average Bonchev–Trinajstić information content (AvgIpc) is 3.35. The second kappa shape index (κ2) is 7.41. The normalized spacial score (nSPS) is 22.2. The molecule has 0 aromatic carbocycles. The topological polar surface area (TPSA) is 72.0 Å². The highest BCUT2D eigenvalue weighted by molar-refractivity contribution is 5.93. The van der Waals surface area contributed by atoms with Gasteiger partial charge in [0.25, 0.3) is 5.91 Å². The van der Waals surface area contributed by atoms with Gasteiger partial charge in [-0.15, -0.1) is 0 Å². The van der Waals surface area contributed by atoms with Crippen molar-refractivity contribution in [1.82, 2.24) is 15.0 Å². The molecule has 7 heteroatoms. The predicted octanol–water partition coefficient (Wildman–Crippen LogP) is 2.26. The minimum absolute atomic E-state index is 0.0828. The Bertz CT molecular complexity index is 691. The maximum Gasteiger partial charge on any atom is 0.276 e. The van der Waals surface area contributed by atoms with Crippen molar-refractivity contribution in [3.63, 3.8) is 0 Å². The maximum atomic E-state index is 12.7. The van der Waals surface area contributed by atoms with Crippen LogP contribution in [0.1, 0.15) is 29.8 Å². The van der Waals surface area contributed by atoms with Gasteiger partial charge in [-0.05, 0) is 37.9 Å². The molecule has 1 amide bonds. The largest absolute Gasteiger partial charge is 0.461 e. The van der Waals surface area contributed by atoms with Crippen LogP contribution in [0.5, 0.6) is 0 Å². The molecular weight excluding hydrogens is 322 g/mol. The number of hydrogen-bond donors (Lipinski definition) is 0. The summed E-state index contributed by atoms with van der Waals surface area (Å²) in [6.07, 6.45) is 5.19. The number of hydrogen-bond acceptors (Lipinski definition) is 6. The molecule has 0 N–H and O–H groups in total. The van der Waals surface area contributed by atoms with E-state index in [0.717, 1.165) is 52.0 Å². The van der Waals surface area contributed by atoms with Crippen LogP contribution in [-0.4, -0.2) is 66.3 Å². The van der Waals surface area contributed by atoms with Gasteiger partial charge in [0, 0.05) is 38.9 Å². The van der Waals surface area contributed by atoms with Gasteiger partial charge in [-0.1, -0.05) is 5.16 Å². The average molecular weight is 345 g/mol. The van der Waals surface area contributed by atoms with E-state index in [2.05, 4.69) is 10.1 Å². The monoisotopic (exact) mass is 345 g/mol. The maximum absolute atomic E-state index is 12.7. The second-order valence-corrected chi connectivity index (χ2v) is 6.64. The zero-order chi connectivity index (χ0) is 17.1. The Hall–Kier alpha value is -2.12. The molecule has 2 fully saturated rings. The first kappa shape index (κ1) is 16.4. The Morgan fingerprint density at radius 1 is 1.20 bits per heavy atom. The van der Waals surface area contributed by atoms with Crippen molar-refractivity contribution in [3.05, 3.63) is 30.2 Å². The lowest BCUT2D eigenvalue weighted by Gasteiger charge is -2.23. The van der Waals surface area contributed by atoms with Gasteiger partial charge in [0.1, 0.15) is 0 Å². The molecule has 2 aromatic heterocycles. The molecule has 2 aliphatic rings. The van der Waals surface area contributed by atoms with Crippen molar-refractivity contribution in [2.45, 2.75) is 25.4 Å². The number of ether oxygens (including phenoxy) is 1. The molecule has 0 bridgehead atoms. The van der Waals surface area contributed by atoms with Crippen LogP contribution >= 0.6 is 0 Å². The van der Waals surface area contributed by atoms with Gasteiger partial charge in [-0.3, -0.25) is 9.69 Å². The first-order chi connectivity index (χ1) is 12.3. The molecule has 2 saturated heterocycles. The second-order valence-electron chi connectivity index (χ2n) is 6.64. The molecular formula is C18H23N3O4. The fourth-order valence-corrected chi connectivity index (χ4v) is 3.51. The summed E-state index contributed by atoms with van der Waals surface area (Å²) in [7, 11) is 0. The van der Waals surface area contributed by atoms with Crippen molar-refractivity contribution in [1.29, 1.82) is 0 Å². The molecule has 0 aliphatic carbocycles. The molecule has 1 atom stereocenters. The lowest BCUT2D eigenvalue weighted by atomic mass is 10.2. The molecule has 2 aliphatic heterocycles. The molecule has 2 aromatic rings. The first-order valence-electron chi connectivity index (χ1n) is 8.93. The highest BCUT2D eigenvalue weighted by Gasteiger charge is 2.25. The van der Waals surface area contributed by atoms with Crippen LogP contribution in [0.3, 0.4) is 0 Å². The summed E-state index contributed by atoms with van der Waals surface area (Å²) in [4.78, 5) is 17.0. The van der Waals surface area contributed by atoms with E-state index in [1.54, 1.807) is 24.5 Å². The van der Waals surface area contributed by atoms with Gasteiger partial charge in [-0.2, -0.15) is 0 Å². The Kier molecular flexibility index (Phi) is 4.85. The number of amides is 1. The van der Waals surface area contributed by atoms with E-state index in [9.17, 15) is 4.79 Å². The molecule has 4 rings (SSSR count). The third kappa shape index (κ3) is 3.77. The van der Waals surface area contributed by atoms with Crippen LogP contribution in [0.4, 0.5) is 0 Å². The molecule has 7 nitrogen and oxygen atoms in total. The number of furan rings is 1. The van der Waals surface area contributed by atoms with E-state index in [4.69, 9.17) is 13.7 Å². The van der Waals surface area contributed by atoms with Gasteiger partial charge < -0.3 is 18.6 Å². The van der Waals surface area contributed by atoms with E-state index in [1.165, 1.54) is 0 Å². The van der Waals surface area contributed by atoms with Crippen LogP contribution in [0.15, 0.2) is 33.4 Å². The Morgan fingerprint density at radius 2 is 2.16 bits per heavy atom. The summed E-state index contributed by atoms with van der Waals surface area (Å²) in [5, 5.41) is 3.92. The summed E-state index contributed by atoms with van der Waals surface area (Å²) in [6.45, 7) is 5.16. The van der Waals surface area contributed by atoms with E-state index in [0.29, 0.717) is 29.9 Å². The third-order valence-corrected chi connectivity index (χ3v) is 4.85. The first-order valence-corrected chi connectivity index (χ1v) is 8.93. The minimum Gasteiger partial charge on any atom is -0.461 e. The molecule has 0 spiro atoms. The van der Waals surface area contributed by atoms with Crippen LogP contribution in [0.2, 0.25) is 0 Å². The highest BCUT2D eigenvalue weighted by Crippen LogP contribution is 2.21. The Labute approximate surface area is 146 Å². The van der Waals surface area contributed by atoms with Gasteiger partial charge in [-0.25, -0.2) is 0 Å². The van der Waals surface area contributed by atoms with Crippen LogP contribution < -0.4 is 0 Å². The standard InChI is InChI=1S/C18H23N3O4/c22-18(15-12-17(25-19-15)16-5-2-11-24-16)21-7-3-6-20(8-9-21)13-14-4-1-10-23-14/h2,5,11-12,14H,1,3-4,6-10,13H2/t14-/m1/s1. The van der Waals surface area contributed by atoms with Gasteiger partial charge in [0.05, 0.1) is 12.4 Å². The predicted molar refractivity (Wildman–Crippen MR) is 90.1 cm³/mol.